The van der Waals surface area contributed by atoms with Gasteiger partial charge >= 0.3 is 0 Å². The average molecular weight is 136 g/mol. The first kappa shape index (κ1) is 7.26. The summed E-state index contributed by atoms with van der Waals surface area (Å²) in [5, 5.41) is 0. The van der Waals surface area contributed by atoms with Crippen molar-refractivity contribution in [2.24, 2.45) is 0 Å². The molecule has 0 amide bonds. The van der Waals surface area contributed by atoms with Crippen LogP contribution in [0.2, 0.25) is 0 Å². The van der Waals surface area contributed by atoms with Gasteiger partial charge in [0, 0.05) is 0 Å². The van der Waals surface area contributed by atoms with E-state index in [4.69, 9.17) is 0 Å². The van der Waals surface area contributed by atoms with Crippen LogP contribution in [0.25, 0.3) is 0 Å². The standard InChI is InChI=1S/C9H12O/c1-8-5-3-2-4-6-9(10)7-8/h4,6-7H,2-3,5H2,1H3/b6-4-,8-7-. The Labute approximate surface area is 61.4 Å². The second-order valence-electron chi connectivity index (χ2n) is 2.69. The molecule has 0 saturated heterocycles. The second-order valence-corrected chi connectivity index (χ2v) is 2.69. The molecule has 54 valence electrons. The topological polar surface area (TPSA) is 17.1 Å². The van der Waals surface area contributed by atoms with Crippen LogP contribution in [0.3, 0.4) is 0 Å². The Kier molecular flexibility index (Phi) is 2.43. The Morgan fingerprint density at radius 3 is 3.10 bits per heavy atom. The Bertz CT molecular complexity index is 187. The molecule has 0 saturated carbocycles. The lowest BCUT2D eigenvalue weighted by molar-refractivity contribution is -0.110. The van der Waals surface area contributed by atoms with Gasteiger partial charge in [0.2, 0.25) is 0 Å². The average Bonchev–Trinajstić information content (AvgIpc) is 1.83. The van der Waals surface area contributed by atoms with E-state index in [2.05, 4.69) is 0 Å². The molecule has 0 aromatic rings. The molecule has 1 aliphatic rings. The van der Waals surface area contributed by atoms with Crippen LogP contribution in [0.5, 0.6) is 0 Å². The molecular weight excluding hydrogens is 124 g/mol. The molecule has 0 atom stereocenters. The van der Waals surface area contributed by atoms with Gasteiger partial charge in [-0.15, -0.1) is 0 Å². The molecule has 1 nitrogen and oxygen atoms in total. The fraction of sp³-hybridized carbons (Fsp3) is 0.444. The fourth-order valence-corrected chi connectivity index (χ4v) is 1.06. The lowest BCUT2D eigenvalue weighted by Gasteiger charge is -2.00. The van der Waals surface area contributed by atoms with Crippen molar-refractivity contribution < 1.29 is 4.79 Å². The summed E-state index contributed by atoms with van der Waals surface area (Å²) in [6.45, 7) is 2.01. The number of allylic oxidation sites excluding steroid dienone is 4. The highest BCUT2D eigenvalue weighted by atomic mass is 16.1. The first-order valence-corrected chi connectivity index (χ1v) is 3.67. The Balaban J connectivity index is 2.68. The van der Waals surface area contributed by atoms with Crippen molar-refractivity contribution in [1.82, 2.24) is 0 Å². The first-order chi connectivity index (χ1) is 4.79. The minimum atomic E-state index is 0.136. The third-order valence-electron chi connectivity index (χ3n) is 1.61. The SMILES string of the molecule is C/C1=C/C(=O)/C=C\CCC1. The van der Waals surface area contributed by atoms with Crippen LogP contribution in [0, 0.1) is 0 Å². The lowest BCUT2D eigenvalue weighted by atomic mass is 10.1. The van der Waals surface area contributed by atoms with Crippen LogP contribution >= 0.6 is 0 Å². The molecule has 0 aromatic heterocycles. The molecule has 0 spiro atoms. The molecule has 0 bridgehead atoms. The van der Waals surface area contributed by atoms with E-state index in [0.29, 0.717) is 0 Å². The van der Waals surface area contributed by atoms with E-state index in [9.17, 15) is 4.79 Å². The Morgan fingerprint density at radius 1 is 1.50 bits per heavy atom. The van der Waals surface area contributed by atoms with Gasteiger partial charge in [0.15, 0.2) is 5.78 Å². The normalized spacial score (nSPS) is 28.1. The second kappa shape index (κ2) is 3.35. The van der Waals surface area contributed by atoms with Crippen LogP contribution in [-0.4, -0.2) is 5.78 Å². The smallest absolute Gasteiger partial charge is 0.178 e. The van der Waals surface area contributed by atoms with Crippen molar-refractivity contribution in [3.8, 4) is 0 Å². The third kappa shape index (κ3) is 2.18. The van der Waals surface area contributed by atoms with Crippen LogP contribution in [0.4, 0.5) is 0 Å². The van der Waals surface area contributed by atoms with Gasteiger partial charge in [-0.3, -0.25) is 4.79 Å². The van der Waals surface area contributed by atoms with Crippen LogP contribution in [-0.2, 0) is 4.79 Å². The van der Waals surface area contributed by atoms with E-state index in [1.165, 1.54) is 12.0 Å². The monoisotopic (exact) mass is 136 g/mol. The van der Waals surface area contributed by atoms with Crippen molar-refractivity contribution in [3.05, 3.63) is 23.8 Å². The van der Waals surface area contributed by atoms with Crippen molar-refractivity contribution in [2.45, 2.75) is 26.2 Å². The summed E-state index contributed by atoms with van der Waals surface area (Å²) >= 11 is 0. The molecular formula is C9H12O. The van der Waals surface area contributed by atoms with E-state index < -0.39 is 0 Å². The molecule has 0 aromatic carbocycles. The molecule has 0 unspecified atom stereocenters. The zero-order valence-electron chi connectivity index (χ0n) is 6.26. The molecule has 1 aliphatic carbocycles. The van der Waals surface area contributed by atoms with Crippen molar-refractivity contribution in [2.75, 3.05) is 0 Å². The minimum Gasteiger partial charge on any atom is -0.290 e. The predicted octanol–water partition coefficient (Wildman–Crippen LogP) is 2.24. The van der Waals surface area contributed by atoms with Crippen LogP contribution < -0.4 is 0 Å². The van der Waals surface area contributed by atoms with E-state index in [-0.39, 0.29) is 5.78 Å². The van der Waals surface area contributed by atoms with Gasteiger partial charge in [-0.05, 0) is 38.3 Å². The van der Waals surface area contributed by atoms with Gasteiger partial charge in [-0.2, -0.15) is 0 Å². The summed E-state index contributed by atoms with van der Waals surface area (Å²) in [4.78, 5) is 10.9. The van der Waals surface area contributed by atoms with Gasteiger partial charge in [-0.1, -0.05) is 11.6 Å². The van der Waals surface area contributed by atoms with Gasteiger partial charge in [0.05, 0.1) is 0 Å². The summed E-state index contributed by atoms with van der Waals surface area (Å²) in [6, 6.07) is 0. The van der Waals surface area contributed by atoms with Crippen molar-refractivity contribution in [3.63, 3.8) is 0 Å². The predicted molar refractivity (Wildman–Crippen MR) is 41.8 cm³/mol. The fourth-order valence-electron chi connectivity index (χ4n) is 1.06. The Morgan fingerprint density at radius 2 is 2.30 bits per heavy atom. The number of hydrogen-bond donors (Lipinski definition) is 0. The van der Waals surface area contributed by atoms with E-state index in [1.807, 2.05) is 13.0 Å². The Hall–Kier alpha value is -0.850. The van der Waals surface area contributed by atoms with Gasteiger partial charge in [-0.25, -0.2) is 0 Å². The summed E-state index contributed by atoms with van der Waals surface area (Å²) in [5.74, 6) is 0.136. The number of rotatable bonds is 0. The largest absolute Gasteiger partial charge is 0.290 e. The minimum absolute atomic E-state index is 0.136. The van der Waals surface area contributed by atoms with E-state index in [1.54, 1.807) is 12.2 Å². The first-order valence-electron chi connectivity index (χ1n) is 3.67. The number of hydrogen-bond acceptors (Lipinski definition) is 1. The summed E-state index contributed by atoms with van der Waals surface area (Å²) in [6.07, 6.45) is 8.60. The van der Waals surface area contributed by atoms with E-state index >= 15 is 0 Å². The van der Waals surface area contributed by atoms with Crippen molar-refractivity contribution >= 4 is 5.78 Å². The number of carbonyl (C=O) groups excluding carboxylic acids is 1. The van der Waals surface area contributed by atoms with Crippen molar-refractivity contribution in [1.29, 1.82) is 0 Å². The zero-order chi connectivity index (χ0) is 7.40. The maximum Gasteiger partial charge on any atom is 0.178 e. The third-order valence-corrected chi connectivity index (χ3v) is 1.61. The highest BCUT2D eigenvalue weighted by Gasteiger charge is 1.97. The molecule has 1 rings (SSSR count). The quantitative estimate of drug-likeness (QED) is 0.499. The highest BCUT2D eigenvalue weighted by molar-refractivity contribution is 5.99. The molecule has 0 aliphatic heterocycles. The van der Waals surface area contributed by atoms with Gasteiger partial charge < -0.3 is 0 Å². The van der Waals surface area contributed by atoms with Gasteiger partial charge in [0.25, 0.3) is 0 Å². The lowest BCUT2D eigenvalue weighted by Crippen LogP contribution is -1.91. The highest BCUT2D eigenvalue weighted by Crippen LogP contribution is 2.09. The summed E-state index contributed by atoms with van der Waals surface area (Å²) in [5.41, 5.74) is 1.20. The maximum atomic E-state index is 10.9. The molecule has 10 heavy (non-hydrogen) atoms. The molecule has 0 fully saturated rings. The molecule has 0 N–H and O–H groups in total. The van der Waals surface area contributed by atoms with Gasteiger partial charge in [0.1, 0.15) is 0 Å². The van der Waals surface area contributed by atoms with Crippen LogP contribution in [0.1, 0.15) is 26.2 Å². The van der Waals surface area contributed by atoms with E-state index in [0.717, 1.165) is 12.8 Å². The number of carbonyl (C=O) groups is 1. The zero-order valence-corrected chi connectivity index (χ0v) is 6.26. The molecule has 0 radical (unpaired) electrons. The molecule has 0 heterocycles. The summed E-state index contributed by atoms with van der Waals surface area (Å²) < 4.78 is 0. The van der Waals surface area contributed by atoms with Crippen LogP contribution in [0.15, 0.2) is 23.8 Å². The number of ketones is 1. The molecule has 1 heteroatoms. The summed E-state index contributed by atoms with van der Waals surface area (Å²) in [7, 11) is 0. The maximum absolute atomic E-state index is 10.9.